The fourth-order valence-electron chi connectivity index (χ4n) is 3.19. The molecule has 0 amide bonds. The van der Waals surface area contributed by atoms with Crippen molar-refractivity contribution in [2.75, 3.05) is 20.8 Å². The van der Waals surface area contributed by atoms with Gasteiger partial charge in [0.25, 0.3) is 0 Å². The Hall–Kier alpha value is -4.11. The summed E-state index contributed by atoms with van der Waals surface area (Å²) in [6.45, 7) is 0.481. The topological polar surface area (TPSA) is 66.4 Å². The molecule has 0 saturated carbocycles. The van der Waals surface area contributed by atoms with Gasteiger partial charge in [0.05, 0.1) is 20.8 Å². The summed E-state index contributed by atoms with van der Waals surface area (Å²) in [5.41, 5.74) is 3.74. The van der Waals surface area contributed by atoms with Gasteiger partial charge in [-0.1, -0.05) is 30.2 Å². The minimum absolute atomic E-state index is 0.418. The van der Waals surface area contributed by atoms with E-state index in [-0.39, 0.29) is 0 Å². The second-order valence-corrected chi connectivity index (χ2v) is 6.98. The first kappa shape index (κ1) is 21.1. The Balaban J connectivity index is 1.49. The van der Waals surface area contributed by atoms with Crippen LogP contribution in [-0.2, 0) is 6.42 Å². The van der Waals surface area contributed by atoms with E-state index in [1.807, 2.05) is 60.7 Å². The largest absolute Gasteiger partial charge is 0.493 e. The van der Waals surface area contributed by atoms with Gasteiger partial charge in [-0.3, -0.25) is 0 Å². The summed E-state index contributed by atoms with van der Waals surface area (Å²) < 4.78 is 16.7. The molecule has 160 valence electrons. The van der Waals surface area contributed by atoms with Crippen LogP contribution in [0.25, 0.3) is 11.2 Å². The highest BCUT2D eigenvalue weighted by atomic mass is 16.5. The molecular formula is C26H23N3O3. The Kier molecular flexibility index (Phi) is 6.78. The van der Waals surface area contributed by atoms with Crippen LogP contribution in [0.15, 0.2) is 66.9 Å². The quantitative estimate of drug-likeness (QED) is 0.322. The van der Waals surface area contributed by atoms with Crippen LogP contribution in [0.2, 0.25) is 0 Å². The molecule has 0 fully saturated rings. The number of hydrogen-bond acceptors (Lipinski definition) is 6. The van der Waals surface area contributed by atoms with Crippen molar-refractivity contribution in [3.63, 3.8) is 0 Å². The molecule has 0 atom stereocenters. The smallest absolute Gasteiger partial charge is 0.249 e. The summed E-state index contributed by atoms with van der Waals surface area (Å²) >= 11 is 0. The number of aryl methyl sites for hydroxylation is 1. The highest BCUT2D eigenvalue weighted by Gasteiger charge is 2.10. The van der Waals surface area contributed by atoms with Crippen LogP contribution in [0.5, 0.6) is 17.4 Å². The minimum atomic E-state index is 0.418. The summed E-state index contributed by atoms with van der Waals surface area (Å²) in [5.74, 6) is 8.06. The first-order valence-corrected chi connectivity index (χ1v) is 10.3. The predicted octanol–water partition coefficient (Wildman–Crippen LogP) is 4.45. The number of ether oxygens (including phenoxy) is 3. The highest BCUT2D eigenvalue weighted by Crippen LogP contribution is 2.28. The third-order valence-electron chi connectivity index (χ3n) is 4.80. The van der Waals surface area contributed by atoms with Gasteiger partial charge in [0.2, 0.25) is 5.88 Å². The summed E-state index contributed by atoms with van der Waals surface area (Å²) in [6, 6.07) is 19.4. The first-order valence-electron chi connectivity index (χ1n) is 10.3. The number of methoxy groups -OCH3 is 2. The number of pyridine rings is 1. The molecule has 0 aliphatic heterocycles. The maximum atomic E-state index is 6.00. The number of hydrogen-bond donors (Lipinski definition) is 0. The van der Waals surface area contributed by atoms with Crippen LogP contribution in [0.3, 0.4) is 0 Å². The Morgan fingerprint density at radius 1 is 0.844 bits per heavy atom. The number of rotatable bonds is 7. The van der Waals surface area contributed by atoms with Crippen LogP contribution < -0.4 is 14.2 Å². The van der Waals surface area contributed by atoms with Gasteiger partial charge >= 0.3 is 0 Å². The standard InChI is InChI=1S/C26H23N3O3/c1-30-23-15-13-20(18-24(23)31-2)10-7-17-32-26-22(14-12-19-8-4-3-5-9-19)28-25-21(29-26)11-6-16-27-25/h3-6,8-9,11,13,15-16,18H,7,10,17H2,1-2H3. The van der Waals surface area contributed by atoms with Crippen LogP contribution in [-0.4, -0.2) is 35.8 Å². The molecule has 0 bridgehead atoms. The van der Waals surface area contributed by atoms with Gasteiger partial charge in [0.1, 0.15) is 5.52 Å². The van der Waals surface area contributed by atoms with Crippen LogP contribution in [0, 0.1) is 11.8 Å². The van der Waals surface area contributed by atoms with Crippen LogP contribution in [0.1, 0.15) is 23.2 Å². The Morgan fingerprint density at radius 3 is 2.50 bits per heavy atom. The van der Waals surface area contributed by atoms with Gasteiger partial charge in [-0.2, -0.15) is 0 Å². The first-order chi connectivity index (χ1) is 15.8. The molecule has 4 aromatic rings. The van der Waals surface area contributed by atoms with Crippen LogP contribution >= 0.6 is 0 Å². The third kappa shape index (κ3) is 5.13. The normalized spacial score (nSPS) is 10.3. The van der Waals surface area contributed by atoms with Gasteiger partial charge < -0.3 is 14.2 Å². The number of benzene rings is 2. The van der Waals surface area contributed by atoms with Crippen molar-refractivity contribution in [1.82, 2.24) is 15.0 Å². The molecule has 0 aliphatic carbocycles. The van der Waals surface area contributed by atoms with Gasteiger partial charge in [0, 0.05) is 11.8 Å². The SMILES string of the molecule is COc1ccc(CCCOc2nc3cccnc3nc2C#Cc2ccccc2)cc1OC. The monoisotopic (exact) mass is 425 g/mol. The van der Waals surface area contributed by atoms with E-state index in [4.69, 9.17) is 14.2 Å². The fourth-order valence-corrected chi connectivity index (χ4v) is 3.19. The Labute approximate surface area is 187 Å². The molecule has 0 radical (unpaired) electrons. The molecule has 2 aromatic carbocycles. The van der Waals surface area contributed by atoms with Crippen molar-refractivity contribution in [1.29, 1.82) is 0 Å². The molecule has 6 nitrogen and oxygen atoms in total. The van der Waals surface area contributed by atoms with Gasteiger partial charge in [0.15, 0.2) is 22.8 Å². The zero-order valence-electron chi connectivity index (χ0n) is 18.0. The average Bonchev–Trinajstić information content (AvgIpc) is 2.85. The van der Waals surface area contributed by atoms with Crippen molar-refractivity contribution < 1.29 is 14.2 Å². The molecule has 0 unspecified atom stereocenters. The van der Waals surface area contributed by atoms with E-state index >= 15 is 0 Å². The Morgan fingerprint density at radius 2 is 1.69 bits per heavy atom. The van der Waals surface area contributed by atoms with E-state index in [1.54, 1.807) is 20.4 Å². The summed E-state index contributed by atoms with van der Waals surface area (Å²) in [7, 11) is 3.26. The molecule has 0 saturated heterocycles. The van der Waals surface area contributed by atoms with E-state index in [0.717, 1.165) is 29.7 Å². The molecule has 0 spiro atoms. The van der Waals surface area contributed by atoms with E-state index in [9.17, 15) is 0 Å². The molecular weight excluding hydrogens is 402 g/mol. The molecule has 2 aromatic heterocycles. The Bertz CT molecular complexity index is 1260. The minimum Gasteiger partial charge on any atom is -0.493 e. The number of nitrogens with zero attached hydrogens (tertiary/aromatic N) is 3. The highest BCUT2D eigenvalue weighted by molar-refractivity contribution is 5.71. The van der Waals surface area contributed by atoms with Crippen molar-refractivity contribution >= 4 is 11.2 Å². The molecule has 2 heterocycles. The lowest BCUT2D eigenvalue weighted by atomic mass is 10.1. The van der Waals surface area contributed by atoms with Crippen molar-refractivity contribution in [3.8, 4) is 29.2 Å². The lowest BCUT2D eigenvalue weighted by Crippen LogP contribution is -2.05. The van der Waals surface area contributed by atoms with E-state index in [1.165, 1.54) is 0 Å². The van der Waals surface area contributed by atoms with Gasteiger partial charge in [-0.05, 0) is 60.7 Å². The van der Waals surface area contributed by atoms with Gasteiger partial charge in [-0.15, -0.1) is 0 Å². The molecule has 6 heteroatoms. The second kappa shape index (κ2) is 10.3. The van der Waals surface area contributed by atoms with Crippen molar-refractivity contribution in [2.24, 2.45) is 0 Å². The maximum Gasteiger partial charge on any atom is 0.249 e. The molecule has 32 heavy (non-hydrogen) atoms. The summed E-state index contributed by atoms with van der Waals surface area (Å²) in [6.07, 6.45) is 3.32. The maximum absolute atomic E-state index is 6.00. The lowest BCUT2D eigenvalue weighted by Gasteiger charge is -2.10. The van der Waals surface area contributed by atoms with Gasteiger partial charge in [-0.25, -0.2) is 15.0 Å². The summed E-state index contributed by atoms with van der Waals surface area (Å²) in [4.78, 5) is 13.4. The zero-order chi connectivity index (χ0) is 22.2. The predicted molar refractivity (Wildman–Crippen MR) is 123 cm³/mol. The van der Waals surface area contributed by atoms with Crippen molar-refractivity contribution in [2.45, 2.75) is 12.8 Å². The van der Waals surface area contributed by atoms with E-state index < -0.39 is 0 Å². The van der Waals surface area contributed by atoms with E-state index in [0.29, 0.717) is 35.1 Å². The molecule has 0 N–H and O–H groups in total. The fraction of sp³-hybridized carbons (Fsp3) is 0.192. The van der Waals surface area contributed by atoms with Crippen molar-refractivity contribution in [3.05, 3.63) is 83.7 Å². The average molecular weight is 425 g/mol. The second-order valence-electron chi connectivity index (χ2n) is 6.98. The third-order valence-corrected chi connectivity index (χ3v) is 4.80. The van der Waals surface area contributed by atoms with E-state index in [2.05, 4.69) is 26.8 Å². The number of fused-ring (bicyclic) bond motifs is 1. The molecule has 0 aliphatic rings. The summed E-state index contributed by atoms with van der Waals surface area (Å²) in [5, 5.41) is 0. The lowest BCUT2D eigenvalue weighted by molar-refractivity contribution is 0.298. The molecule has 4 rings (SSSR count). The number of aromatic nitrogens is 3. The van der Waals surface area contributed by atoms with Crippen LogP contribution in [0.4, 0.5) is 0 Å². The zero-order valence-corrected chi connectivity index (χ0v) is 18.0.